The van der Waals surface area contributed by atoms with Crippen molar-refractivity contribution in [2.75, 3.05) is 0 Å². The lowest BCUT2D eigenvalue weighted by Gasteiger charge is -2.13. The summed E-state index contributed by atoms with van der Waals surface area (Å²) in [6.45, 7) is 0.430. The van der Waals surface area contributed by atoms with Crippen LogP contribution in [0.2, 0.25) is 5.02 Å². The van der Waals surface area contributed by atoms with Gasteiger partial charge in [-0.25, -0.2) is 0 Å². The highest BCUT2D eigenvalue weighted by atomic mass is 35.5. The molecule has 2 aromatic heterocycles. The molecule has 0 atom stereocenters. The molecular formula is C20H15ClN2O3S. The van der Waals surface area contributed by atoms with E-state index in [1.807, 2.05) is 36.4 Å². The van der Waals surface area contributed by atoms with Crippen LogP contribution in [0.25, 0.3) is 10.9 Å². The van der Waals surface area contributed by atoms with Gasteiger partial charge >= 0.3 is 4.87 Å². The van der Waals surface area contributed by atoms with Gasteiger partial charge in [-0.15, -0.1) is 0 Å². The first-order valence-electron chi connectivity index (χ1n) is 8.28. The zero-order valence-electron chi connectivity index (χ0n) is 14.1. The molecule has 0 unspecified atom stereocenters. The Labute approximate surface area is 163 Å². The molecule has 0 saturated carbocycles. The van der Waals surface area contributed by atoms with Gasteiger partial charge in [0.1, 0.15) is 0 Å². The fourth-order valence-electron chi connectivity index (χ4n) is 3.13. The molecule has 0 radical (unpaired) electrons. The Kier molecular flexibility index (Phi) is 4.59. The Hall–Kier alpha value is -2.83. The van der Waals surface area contributed by atoms with Crippen molar-refractivity contribution in [3.63, 3.8) is 0 Å². The third-order valence-corrected chi connectivity index (χ3v) is 5.53. The topological polar surface area (TPSA) is 75.1 Å². The molecule has 0 spiro atoms. The van der Waals surface area contributed by atoms with E-state index in [1.165, 1.54) is 0 Å². The van der Waals surface area contributed by atoms with Gasteiger partial charge in [0, 0.05) is 22.9 Å². The number of rotatable bonds is 4. The van der Waals surface area contributed by atoms with E-state index in [2.05, 4.69) is 4.98 Å². The first kappa shape index (κ1) is 17.6. The van der Waals surface area contributed by atoms with E-state index in [0.717, 1.165) is 33.4 Å². The Morgan fingerprint density at radius 1 is 1.07 bits per heavy atom. The molecule has 2 N–H and O–H groups in total. The van der Waals surface area contributed by atoms with Crippen LogP contribution in [0.3, 0.4) is 0 Å². The summed E-state index contributed by atoms with van der Waals surface area (Å²) < 4.78 is 1.71. The fourth-order valence-corrected chi connectivity index (χ4v) is 4.00. The van der Waals surface area contributed by atoms with E-state index in [1.54, 1.807) is 22.8 Å². The van der Waals surface area contributed by atoms with Crippen molar-refractivity contribution in [2.24, 2.45) is 0 Å². The van der Waals surface area contributed by atoms with Crippen molar-refractivity contribution in [1.82, 2.24) is 9.55 Å². The predicted octanol–water partition coefficient (Wildman–Crippen LogP) is 3.75. The van der Waals surface area contributed by atoms with Crippen LogP contribution >= 0.6 is 22.9 Å². The zero-order valence-corrected chi connectivity index (χ0v) is 15.7. The summed E-state index contributed by atoms with van der Waals surface area (Å²) >= 11 is 6.89. The third-order valence-electron chi connectivity index (χ3n) is 4.41. The maximum atomic E-state index is 12.8. The second kappa shape index (κ2) is 7.06. The molecule has 4 rings (SSSR count). The van der Waals surface area contributed by atoms with Crippen molar-refractivity contribution in [3.05, 3.63) is 95.6 Å². The van der Waals surface area contributed by atoms with Gasteiger partial charge in [0.05, 0.1) is 16.9 Å². The van der Waals surface area contributed by atoms with Crippen molar-refractivity contribution < 1.29 is 5.11 Å². The van der Waals surface area contributed by atoms with Gasteiger partial charge in [0.15, 0.2) is 0 Å². The van der Waals surface area contributed by atoms with Gasteiger partial charge in [-0.3, -0.25) is 14.6 Å². The summed E-state index contributed by atoms with van der Waals surface area (Å²) in [5.41, 5.74) is 2.41. The smallest absolute Gasteiger partial charge is 0.307 e. The molecule has 7 heteroatoms. The number of thiazole rings is 1. The van der Waals surface area contributed by atoms with E-state index in [4.69, 9.17) is 11.6 Å². The summed E-state index contributed by atoms with van der Waals surface area (Å²) in [6, 6.07) is 16.6. The van der Waals surface area contributed by atoms with Crippen LogP contribution < -0.4 is 10.4 Å². The molecule has 4 aromatic rings. The molecule has 0 aliphatic carbocycles. The molecular weight excluding hydrogens is 384 g/mol. The molecule has 0 aliphatic rings. The summed E-state index contributed by atoms with van der Waals surface area (Å²) in [5.74, 6) is -0.139. The SMILES string of the molecule is O=c1[nH]c(O)c(Cc2cc(=O)n(Cc3ccc(Cl)cc3)c3ccccc23)s1. The standard InChI is InChI=1S/C20H15ClN2O3S/c21-14-7-5-12(6-8-14)11-23-16-4-2-1-3-15(16)13(10-18(23)24)9-17-19(25)22-20(26)27-17/h1-8,10,25H,9,11H2,(H,22,26). The van der Waals surface area contributed by atoms with E-state index < -0.39 is 0 Å². The van der Waals surface area contributed by atoms with Crippen LogP contribution in [0.15, 0.2) is 64.2 Å². The molecule has 0 fully saturated rings. The Bertz CT molecular complexity index is 1240. The number of halogens is 1. The van der Waals surface area contributed by atoms with Crippen LogP contribution in [0.4, 0.5) is 0 Å². The maximum absolute atomic E-state index is 12.8. The average molecular weight is 399 g/mol. The maximum Gasteiger partial charge on any atom is 0.307 e. The minimum absolute atomic E-state index is 0.138. The largest absolute Gasteiger partial charge is 0.494 e. The Morgan fingerprint density at radius 2 is 1.81 bits per heavy atom. The number of H-pyrrole nitrogens is 1. The van der Waals surface area contributed by atoms with Gasteiger partial charge in [0.25, 0.3) is 5.56 Å². The van der Waals surface area contributed by atoms with Gasteiger partial charge in [-0.1, -0.05) is 53.3 Å². The summed E-state index contributed by atoms with van der Waals surface area (Å²) in [7, 11) is 0. The number of fused-ring (bicyclic) bond motifs is 1. The molecule has 0 amide bonds. The number of nitrogens with zero attached hydrogens (tertiary/aromatic N) is 1. The minimum Gasteiger partial charge on any atom is -0.494 e. The quantitative estimate of drug-likeness (QED) is 0.549. The number of nitrogens with one attached hydrogen (secondary N) is 1. The number of aromatic amines is 1. The summed E-state index contributed by atoms with van der Waals surface area (Å²) in [4.78, 5) is 26.8. The zero-order chi connectivity index (χ0) is 19.0. The van der Waals surface area contributed by atoms with Crippen LogP contribution in [-0.4, -0.2) is 14.7 Å². The number of aromatic nitrogens is 2. The molecule has 2 aromatic carbocycles. The number of hydrogen-bond acceptors (Lipinski definition) is 4. The summed E-state index contributed by atoms with van der Waals surface area (Å²) in [6.07, 6.45) is 0.312. The molecule has 0 aliphatic heterocycles. The third kappa shape index (κ3) is 3.54. The highest BCUT2D eigenvalue weighted by Gasteiger charge is 2.13. The monoisotopic (exact) mass is 398 g/mol. The van der Waals surface area contributed by atoms with E-state index in [0.29, 0.717) is 22.9 Å². The summed E-state index contributed by atoms with van der Waals surface area (Å²) in [5, 5.41) is 11.4. The Morgan fingerprint density at radius 3 is 2.52 bits per heavy atom. The lowest BCUT2D eigenvalue weighted by Crippen LogP contribution is -2.21. The van der Waals surface area contributed by atoms with Gasteiger partial charge in [-0.05, 0) is 29.3 Å². The molecule has 0 bridgehead atoms. The number of hydrogen-bond donors (Lipinski definition) is 2. The van der Waals surface area contributed by atoms with Crippen molar-refractivity contribution >= 4 is 33.8 Å². The van der Waals surface area contributed by atoms with Gasteiger partial charge in [-0.2, -0.15) is 0 Å². The molecule has 2 heterocycles. The van der Waals surface area contributed by atoms with E-state index in [-0.39, 0.29) is 16.3 Å². The molecule has 0 saturated heterocycles. The van der Waals surface area contributed by atoms with Crippen molar-refractivity contribution in [3.8, 4) is 5.88 Å². The predicted molar refractivity (Wildman–Crippen MR) is 108 cm³/mol. The minimum atomic E-state index is -0.317. The molecule has 27 heavy (non-hydrogen) atoms. The molecule has 136 valence electrons. The first-order chi connectivity index (χ1) is 13.0. The lowest BCUT2D eigenvalue weighted by atomic mass is 10.0. The fraction of sp³-hybridized carbons (Fsp3) is 0.100. The first-order valence-corrected chi connectivity index (χ1v) is 9.47. The normalized spacial score (nSPS) is 11.1. The molecule has 5 nitrogen and oxygen atoms in total. The van der Waals surface area contributed by atoms with Crippen LogP contribution in [0.1, 0.15) is 16.0 Å². The number of aromatic hydroxyl groups is 1. The van der Waals surface area contributed by atoms with Gasteiger partial charge < -0.3 is 9.67 Å². The second-order valence-corrected chi connectivity index (χ2v) is 7.70. The van der Waals surface area contributed by atoms with Crippen molar-refractivity contribution in [1.29, 1.82) is 0 Å². The van der Waals surface area contributed by atoms with E-state index >= 15 is 0 Å². The Balaban J connectivity index is 1.82. The van der Waals surface area contributed by atoms with E-state index in [9.17, 15) is 14.7 Å². The highest BCUT2D eigenvalue weighted by Crippen LogP contribution is 2.25. The highest BCUT2D eigenvalue weighted by molar-refractivity contribution is 7.09. The number of pyridine rings is 1. The average Bonchev–Trinajstić information content (AvgIpc) is 2.97. The lowest BCUT2D eigenvalue weighted by molar-refractivity contribution is 0.451. The van der Waals surface area contributed by atoms with Crippen LogP contribution in [0.5, 0.6) is 5.88 Å². The number of para-hydroxylation sites is 1. The van der Waals surface area contributed by atoms with Crippen LogP contribution in [-0.2, 0) is 13.0 Å². The number of benzene rings is 2. The van der Waals surface area contributed by atoms with Crippen LogP contribution in [0, 0.1) is 0 Å². The second-order valence-electron chi connectivity index (χ2n) is 6.20. The van der Waals surface area contributed by atoms with Crippen molar-refractivity contribution in [2.45, 2.75) is 13.0 Å². The van der Waals surface area contributed by atoms with Gasteiger partial charge in [0.2, 0.25) is 5.88 Å².